The Morgan fingerprint density at radius 2 is 1.59 bits per heavy atom. The lowest BCUT2D eigenvalue weighted by molar-refractivity contribution is -0.146. The van der Waals surface area contributed by atoms with Gasteiger partial charge in [0, 0.05) is 50.0 Å². The third-order valence-electron chi connectivity index (χ3n) is 5.27. The topological polar surface area (TPSA) is 90.9 Å². The van der Waals surface area contributed by atoms with Gasteiger partial charge in [-0.3, -0.25) is 24.1 Å². The third kappa shape index (κ3) is 3.93. The van der Waals surface area contributed by atoms with E-state index in [1.165, 1.54) is 0 Å². The predicted molar refractivity (Wildman–Crippen MR) is 105 cm³/mol. The highest BCUT2D eigenvalue weighted by atomic mass is 35.5. The number of piperazine rings is 1. The zero-order chi connectivity index (χ0) is 20.5. The summed E-state index contributed by atoms with van der Waals surface area (Å²) >= 11 is 5.89. The van der Waals surface area contributed by atoms with Crippen molar-refractivity contribution in [3.05, 3.63) is 41.0 Å². The summed E-state index contributed by atoms with van der Waals surface area (Å²) in [6.45, 7) is 1.30. The van der Waals surface area contributed by atoms with Crippen LogP contribution in [0.3, 0.4) is 0 Å². The van der Waals surface area contributed by atoms with E-state index < -0.39 is 0 Å². The Bertz CT molecular complexity index is 1000. The predicted octanol–water partition coefficient (Wildman–Crippen LogP) is 1.32. The van der Waals surface area contributed by atoms with Crippen molar-refractivity contribution in [3.63, 3.8) is 0 Å². The van der Waals surface area contributed by atoms with E-state index in [0.29, 0.717) is 36.9 Å². The second-order valence-corrected chi connectivity index (χ2v) is 7.48. The minimum Gasteiger partial charge on any atom is -0.338 e. The quantitative estimate of drug-likeness (QED) is 0.558. The van der Waals surface area contributed by atoms with Crippen LogP contribution in [0.15, 0.2) is 30.3 Å². The fourth-order valence-electron chi connectivity index (χ4n) is 3.61. The van der Waals surface area contributed by atoms with Crippen LogP contribution in [0.1, 0.15) is 23.2 Å². The minimum atomic E-state index is -0.302. The van der Waals surface area contributed by atoms with Crippen molar-refractivity contribution >= 4 is 46.1 Å². The maximum atomic E-state index is 12.8. The van der Waals surface area contributed by atoms with Gasteiger partial charge in [0.05, 0.1) is 5.52 Å². The number of pyridine rings is 1. The molecule has 3 heterocycles. The summed E-state index contributed by atoms with van der Waals surface area (Å²) in [6.07, 6.45) is 0.337. The van der Waals surface area contributed by atoms with Gasteiger partial charge in [-0.1, -0.05) is 11.6 Å². The first-order chi connectivity index (χ1) is 13.9. The van der Waals surface area contributed by atoms with Crippen LogP contribution in [0.4, 0.5) is 0 Å². The molecule has 1 aromatic heterocycles. The minimum absolute atomic E-state index is 0.112. The molecule has 0 bridgehead atoms. The van der Waals surface area contributed by atoms with Crippen LogP contribution in [-0.2, 0) is 14.4 Å². The molecule has 0 saturated carbocycles. The summed E-state index contributed by atoms with van der Waals surface area (Å²) in [5.41, 5.74) is 1.27. The van der Waals surface area contributed by atoms with Gasteiger partial charge in [0.25, 0.3) is 5.91 Å². The number of carbonyl (C=O) groups is 4. The van der Waals surface area contributed by atoms with Crippen LogP contribution in [0, 0.1) is 0 Å². The first kappa shape index (κ1) is 19.3. The van der Waals surface area contributed by atoms with E-state index in [1.54, 1.807) is 34.1 Å². The van der Waals surface area contributed by atoms with E-state index in [4.69, 9.17) is 11.6 Å². The Labute approximate surface area is 172 Å². The Hall–Kier alpha value is -3.00. The first-order valence-electron chi connectivity index (χ1n) is 9.39. The maximum Gasteiger partial charge on any atom is 0.253 e. The summed E-state index contributed by atoms with van der Waals surface area (Å²) in [5, 5.41) is 1.23. The molecular weight excluding hydrogens is 396 g/mol. The van der Waals surface area contributed by atoms with Crippen molar-refractivity contribution in [1.82, 2.24) is 19.7 Å². The molecule has 8 nitrogen and oxygen atoms in total. The fraction of sp³-hybridized carbons (Fsp3) is 0.350. The summed E-state index contributed by atoms with van der Waals surface area (Å²) < 4.78 is 0. The van der Waals surface area contributed by atoms with Crippen molar-refractivity contribution in [1.29, 1.82) is 0 Å². The van der Waals surface area contributed by atoms with Gasteiger partial charge in [-0.2, -0.15) is 0 Å². The molecule has 2 fully saturated rings. The summed E-state index contributed by atoms with van der Waals surface area (Å²) in [7, 11) is 0. The van der Waals surface area contributed by atoms with Crippen molar-refractivity contribution in [2.45, 2.75) is 12.8 Å². The van der Waals surface area contributed by atoms with E-state index in [0.717, 1.165) is 15.8 Å². The summed E-state index contributed by atoms with van der Waals surface area (Å²) in [6, 6.07) is 8.76. The lowest BCUT2D eigenvalue weighted by Crippen LogP contribution is -2.53. The van der Waals surface area contributed by atoms with E-state index in [-0.39, 0.29) is 43.0 Å². The van der Waals surface area contributed by atoms with E-state index >= 15 is 0 Å². The van der Waals surface area contributed by atoms with Crippen molar-refractivity contribution < 1.29 is 19.2 Å². The first-order valence-corrected chi connectivity index (χ1v) is 9.77. The second kappa shape index (κ2) is 7.79. The van der Waals surface area contributed by atoms with Crippen LogP contribution < -0.4 is 0 Å². The van der Waals surface area contributed by atoms with Crippen molar-refractivity contribution in [3.8, 4) is 0 Å². The number of imide groups is 1. The summed E-state index contributed by atoms with van der Waals surface area (Å²) in [4.78, 5) is 57.1. The third-order valence-corrected chi connectivity index (χ3v) is 5.48. The highest BCUT2D eigenvalue weighted by Gasteiger charge is 2.33. The molecule has 0 radical (unpaired) electrons. The molecule has 2 aromatic rings. The number of likely N-dealkylation sites (tertiary alicyclic amines) is 1. The molecule has 9 heteroatoms. The molecule has 0 aliphatic carbocycles. The van der Waals surface area contributed by atoms with Crippen LogP contribution in [-0.4, -0.2) is 76.0 Å². The Morgan fingerprint density at radius 3 is 2.28 bits per heavy atom. The molecule has 0 N–H and O–H groups in total. The average Bonchev–Trinajstić information content (AvgIpc) is 3.05. The van der Waals surface area contributed by atoms with Crippen molar-refractivity contribution in [2.24, 2.45) is 0 Å². The number of carbonyl (C=O) groups excluding carboxylic acids is 4. The molecule has 1 aromatic carbocycles. The largest absolute Gasteiger partial charge is 0.338 e. The molecule has 29 heavy (non-hydrogen) atoms. The van der Waals surface area contributed by atoms with E-state index in [2.05, 4.69) is 4.98 Å². The monoisotopic (exact) mass is 414 g/mol. The highest BCUT2D eigenvalue weighted by molar-refractivity contribution is 6.29. The normalized spacial score (nSPS) is 17.3. The van der Waals surface area contributed by atoms with Gasteiger partial charge in [-0.05, 0) is 30.3 Å². The molecule has 0 atom stereocenters. The van der Waals surface area contributed by atoms with Crippen LogP contribution in [0.25, 0.3) is 10.9 Å². The van der Waals surface area contributed by atoms with Crippen molar-refractivity contribution in [2.75, 3.05) is 32.7 Å². The standard InChI is InChI=1S/C20H19ClN4O4/c21-16-4-2-13-11-14(1-3-15(13)22-16)20(29)24-9-7-23(8-10-24)19(28)12-25-17(26)5-6-18(25)27/h1-4,11H,5-10,12H2. The lowest BCUT2D eigenvalue weighted by atomic mass is 10.1. The van der Waals surface area contributed by atoms with Gasteiger partial charge < -0.3 is 9.80 Å². The molecule has 2 aliphatic rings. The van der Waals surface area contributed by atoms with Gasteiger partial charge in [0.1, 0.15) is 11.7 Å². The number of nitrogens with zero attached hydrogens (tertiary/aromatic N) is 4. The van der Waals surface area contributed by atoms with Crippen LogP contribution in [0.5, 0.6) is 0 Å². The number of hydrogen-bond donors (Lipinski definition) is 0. The van der Waals surface area contributed by atoms with E-state index in [1.807, 2.05) is 6.07 Å². The van der Waals surface area contributed by atoms with Gasteiger partial charge in [-0.25, -0.2) is 4.98 Å². The number of amides is 4. The maximum absolute atomic E-state index is 12.8. The van der Waals surface area contributed by atoms with Crippen LogP contribution >= 0.6 is 11.6 Å². The van der Waals surface area contributed by atoms with E-state index in [9.17, 15) is 19.2 Å². The zero-order valence-corrected chi connectivity index (χ0v) is 16.4. The van der Waals surface area contributed by atoms with Gasteiger partial charge in [0.2, 0.25) is 17.7 Å². The van der Waals surface area contributed by atoms with Gasteiger partial charge in [0.15, 0.2) is 0 Å². The van der Waals surface area contributed by atoms with Gasteiger partial charge in [-0.15, -0.1) is 0 Å². The Balaban J connectivity index is 1.37. The smallest absolute Gasteiger partial charge is 0.253 e. The second-order valence-electron chi connectivity index (χ2n) is 7.09. The number of fused-ring (bicyclic) bond motifs is 1. The number of benzene rings is 1. The molecule has 0 spiro atoms. The Morgan fingerprint density at radius 1 is 0.931 bits per heavy atom. The molecule has 4 amide bonds. The highest BCUT2D eigenvalue weighted by Crippen LogP contribution is 2.19. The number of aromatic nitrogens is 1. The molecule has 2 aliphatic heterocycles. The SMILES string of the molecule is O=C(CN1C(=O)CCC1=O)N1CCN(C(=O)c2ccc3nc(Cl)ccc3c2)CC1. The Kier molecular flexibility index (Phi) is 5.19. The van der Waals surface area contributed by atoms with Crippen LogP contribution in [0.2, 0.25) is 5.15 Å². The summed E-state index contributed by atoms with van der Waals surface area (Å²) in [5.74, 6) is -0.985. The lowest BCUT2D eigenvalue weighted by Gasteiger charge is -2.35. The molecule has 2 saturated heterocycles. The molecule has 0 unspecified atom stereocenters. The molecular formula is C20H19ClN4O4. The van der Waals surface area contributed by atoms with Gasteiger partial charge >= 0.3 is 0 Å². The number of hydrogen-bond acceptors (Lipinski definition) is 5. The molecule has 4 rings (SSSR count). The average molecular weight is 415 g/mol. The number of rotatable bonds is 3. The zero-order valence-electron chi connectivity index (χ0n) is 15.6. The fourth-order valence-corrected chi connectivity index (χ4v) is 3.76. The number of halogens is 1. The molecule has 150 valence electrons.